The Morgan fingerprint density at radius 1 is 1.32 bits per heavy atom. The molecule has 1 N–H and O–H groups in total. The number of nitrogens with zero attached hydrogens (tertiary/aromatic N) is 1. The second-order valence-electron chi connectivity index (χ2n) is 6.10. The predicted molar refractivity (Wildman–Crippen MR) is 85.6 cm³/mol. The minimum Gasteiger partial charge on any atom is -0.481 e. The maximum atomic E-state index is 12.8. The number of carboxylic acid groups (broad SMARTS) is 1. The lowest BCUT2D eigenvalue weighted by Crippen LogP contribution is -2.42. The van der Waals surface area contributed by atoms with Crippen LogP contribution in [0.1, 0.15) is 50.5 Å². The molecule has 1 amide bonds. The first-order valence-electron chi connectivity index (χ1n) is 8.17. The molecule has 2 rings (SSSR count). The quantitative estimate of drug-likeness (QED) is 0.877. The topological polar surface area (TPSA) is 57.6 Å². The molecule has 1 aliphatic rings. The van der Waals surface area contributed by atoms with Crippen LogP contribution in [0.4, 0.5) is 0 Å². The van der Waals surface area contributed by atoms with E-state index < -0.39 is 5.97 Å². The highest BCUT2D eigenvalue weighted by Crippen LogP contribution is 2.27. The predicted octanol–water partition coefficient (Wildman–Crippen LogP) is 3.28. The van der Waals surface area contributed by atoms with Crippen LogP contribution < -0.4 is 0 Å². The molecule has 4 nitrogen and oxygen atoms in total. The van der Waals surface area contributed by atoms with Gasteiger partial charge >= 0.3 is 5.97 Å². The van der Waals surface area contributed by atoms with Gasteiger partial charge in [-0.2, -0.15) is 0 Å². The maximum absolute atomic E-state index is 12.8. The van der Waals surface area contributed by atoms with Crippen LogP contribution >= 0.6 is 0 Å². The number of aliphatic carboxylic acids is 1. The number of carboxylic acids is 1. The lowest BCUT2D eigenvalue weighted by molar-refractivity contribution is -0.137. The molecule has 1 aliphatic heterocycles. The van der Waals surface area contributed by atoms with Crippen molar-refractivity contribution in [1.82, 2.24) is 4.90 Å². The molecule has 1 fully saturated rings. The average Bonchev–Trinajstić information content (AvgIpc) is 2.55. The van der Waals surface area contributed by atoms with E-state index in [2.05, 4.69) is 0 Å². The summed E-state index contributed by atoms with van der Waals surface area (Å²) in [5, 5.41) is 8.81. The van der Waals surface area contributed by atoms with E-state index in [1.165, 1.54) is 0 Å². The van der Waals surface area contributed by atoms with Gasteiger partial charge in [0.05, 0.1) is 5.92 Å². The van der Waals surface area contributed by atoms with Crippen LogP contribution in [-0.2, 0) is 9.59 Å². The number of hydrogen-bond donors (Lipinski definition) is 1. The van der Waals surface area contributed by atoms with Gasteiger partial charge in [0.1, 0.15) is 0 Å². The fourth-order valence-electron chi connectivity index (χ4n) is 3.29. The van der Waals surface area contributed by atoms with Crippen molar-refractivity contribution in [2.75, 3.05) is 13.1 Å². The highest BCUT2D eigenvalue weighted by Gasteiger charge is 2.28. The Morgan fingerprint density at radius 3 is 2.68 bits per heavy atom. The van der Waals surface area contributed by atoms with Crippen LogP contribution in [0, 0.1) is 5.92 Å². The van der Waals surface area contributed by atoms with Crippen molar-refractivity contribution in [3.8, 4) is 0 Å². The Hall–Kier alpha value is -1.84. The summed E-state index contributed by atoms with van der Waals surface area (Å²) < 4.78 is 0. The van der Waals surface area contributed by atoms with Crippen molar-refractivity contribution in [3.05, 3.63) is 35.9 Å². The summed E-state index contributed by atoms with van der Waals surface area (Å²) in [6.45, 7) is 3.54. The molecule has 120 valence electrons. The van der Waals surface area contributed by atoms with Gasteiger partial charge in [0.2, 0.25) is 5.91 Å². The molecule has 1 aromatic carbocycles. The molecule has 0 saturated carbocycles. The van der Waals surface area contributed by atoms with Crippen molar-refractivity contribution in [1.29, 1.82) is 0 Å². The molecule has 0 bridgehead atoms. The lowest BCUT2D eigenvalue weighted by atomic mass is 9.90. The first-order valence-corrected chi connectivity index (χ1v) is 8.17. The van der Waals surface area contributed by atoms with Crippen LogP contribution in [0.2, 0.25) is 0 Å². The number of piperidine rings is 1. The average molecular weight is 303 g/mol. The third kappa shape index (κ3) is 4.33. The molecule has 1 saturated heterocycles. The summed E-state index contributed by atoms with van der Waals surface area (Å²) in [6, 6.07) is 9.92. The molecule has 0 unspecified atom stereocenters. The Balaban J connectivity index is 1.99. The van der Waals surface area contributed by atoms with Crippen molar-refractivity contribution in [3.63, 3.8) is 0 Å². The minimum absolute atomic E-state index is 0.0839. The molecule has 4 heteroatoms. The van der Waals surface area contributed by atoms with E-state index in [1.807, 2.05) is 42.2 Å². The zero-order chi connectivity index (χ0) is 15.9. The number of carbonyl (C=O) groups is 2. The summed E-state index contributed by atoms with van der Waals surface area (Å²) in [5.74, 6) is -0.325. The largest absolute Gasteiger partial charge is 0.481 e. The van der Waals surface area contributed by atoms with E-state index >= 15 is 0 Å². The molecule has 0 spiro atoms. The molecule has 1 heterocycles. The zero-order valence-electron chi connectivity index (χ0n) is 13.2. The molecule has 1 aromatic rings. The number of likely N-dealkylation sites (tertiary alicyclic amines) is 1. The van der Waals surface area contributed by atoms with Crippen LogP contribution in [0.5, 0.6) is 0 Å². The van der Waals surface area contributed by atoms with Gasteiger partial charge < -0.3 is 10.0 Å². The van der Waals surface area contributed by atoms with E-state index in [9.17, 15) is 9.59 Å². The third-order valence-electron chi connectivity index (χ3n) is 4.51. The first-order chi connectivity index (χ1) is 10.6. The van der Waals surface area contributed by atoms with Crippen molar-refractivity contribution < 1.29 is 14.7 Å². The molecular weight excluding hydrogens is 278 g/mol. The van der Waals surface area contributed by atoms with E-state index in [4.69, 9.17) is 5.11 Å². The van der Waals surface area contributed by atoms with Crippen LogP contribution in [0.3, 0.4) is 0 Å². The fourth-order valence-corrected chi connectivity index (χ4v) is 3.29. The van der Waals surface area contributed by atoms with Crippen molar-refractivity contribution in [2.24, 2.45) is 5.92 Å². The molecule has 2 atom stereocenters. The first kappa shape index (κ1) is 16.5. The van der Waals surface area contributed by atoms with Crippen LogP contribution in [-0.4, -0.2) is 35.0 Å². The molecule has 0 aliphatic carbocycles. The molecule has 0 radical (unpaired) electrons. The van der Waals surface area contributed by atoms with Crippen molar-refractivity contribution >= 4 is 11.9 Å². The lowest BCUT2D eigenvalue weighted by Gasteiger charge is -2.35. The smallest absolute Gasteiger partial charge is 0.303 e. The second-order valence-corrected chi connectivity index (χ2v) is 6.10. The third-order valence-corrected chi connectivity index (χ3v) is 4.51. The van der Waals surface area contributed by atoms with Gasteiger partial charge in [-0.3, -0.25) is 9.59 Å². The van der Waals surface area contributed by atoms with E-state index in [0.717, 1.165) is 31.4 Å². The van der Waals surface area contributed by atoms with E-state index in [-0.39, 0.29) is 18.2 Å². The molecule has 22 heavy (non-hydrogen) atoms. The minimum atomic E-state index is -0.751. The summed E-state index contributed by atoms with van der Waals surface area (Å²) in [4.78, 5) is 25.5. The number of hydrogen-bond acceptors (Lipinski definition) is 2. The van der Waals surface area contributed by atoms with Gasteiger partial charge in [0.15, 0.2) is 0 Å². The van der Waals surface area contributed by atoms with E-state index in [0.29, 0.717) is 18.9 Å². The maximum Gasteiger partial charge on any atom is 0.303 e. The Kier molecular flexibility index (Phi) is 5.99. The SMILES string of the molecule is CC[C@@H](C(=O)N1CCC[C@@H](CCC(=O)O)C1)c1ccccc1. The number of benzene rings is 1. The van der Waals surface area contributed by atoms with Crippen LogP contribution in [0.25, 0.3) is 0 Å². The number of carbonyl (C=O) groups excluding carboxylic acids is 1. The van der Waals surface area contributed by atoms with Gasteiger partial charge in [-0.25, -0.2) is 0 Å². The van der Waals surface area contributed by atoms with Gasteiger partial charge in [0.25, 0.3) is 0 Å². The van der Waals surface area contributed by atoms with Crippen molar-refractivity contribution in [2.45, 2.75) is 44.9 Å². The Bertz CT molecular complexity index is 500. The monoisotopic (exact) mass is 303 g/mol. The van der Waals surface area contributed by atoms with E-state index in [1.54, 1.807) is 0 Å². The summed E-state index contributed by atoms with van der Waals surface area (Å²) in [7, 11) is 0. The zero-order valence-corrected chi connectivity index (χ0v) is 13.2. The Labute approximate surface area is 132 Å². The molecular formula is C18H25NO3. The van der Waals surface area contributed by atoms with Gasteiger partial charge in [-0.05, 0) is 37.2 Å². The van der Waals surface area contributed by atoms with Gasteiger partial charge in [-0.15, -0.1) is 0 Å². The van der Waals surface area contributed by atoms with Crippen LogP contribution in [0.15, 0.2) is 30.3 Å². The molecule has 0 aromatic heterocycles. The van der Waals surface area contributed by atoms with Gasteiger partial charge in [-0.1, -0.05) is 37.3 Å². The highest BCUT2D eigenvalue weighted by molar-refractivity contribution is 5.83. The Morgan fingerprint density at radius 2 is 2.05 bits per heavy atom. The highest BCUT2D eigenvalue weighted by atomic mass is 16.4. The normalized spacial score (nSPS) is 19.7. The number of rotatable bonds is 6. The summed E-state index contributed by atoms with van der Waals surface area (Å²) in [6.07, 6.45) is 3.66. The summed E-state index contributed by atoms with van der Waals surface area (Å²) >= 11 is 0. The number of amides is 1. The summed E-state index contributed by atoms with van der Waals surface area (Å²) in [5.41, 5.74) is 1.07. The van der Waals surface area contributed by atoms with Gasteiger partial charge in [0, 0.05) is 19.5 Å². The fraction of sp³-hybridized carbons (Fsp3) is 0.556. The second kappa shape index (κ2) is 7.97. The standard InChI is InChI=1S/C18H25NO3/c1-2-16(15-8-4-3-5-9-15)18(22)19-12-6-7-14(13-19)10-11-17(20)21/h3-5,8-9,14,16H,2,6-7,10-13H2,1H3,(H,20,21)/t14-,16+/m0/s1.